The van der Waals surface area contributed by atoms with E-state index >= 15 is 0 Å². The summed E-state index contributed by atoms with van der Waals surface area (Å²) in [6, 6.07) is 10.9. The molecule has 2 aromatic carbocycles. The SMILES string of the molecule is CC(=O)Nc1c(C)cccc1C(=O)NCc1ccc2c(c1)OCO2. The molecule has 0 aromatic heterocycles. The van der Waals surface area contributed by atoms with E-state index in [-0.39, 0.29) is 18.6 Å². The van der Waals surface area contributed by atoms with Gasteiger partial charge in [0.2, 0.25) is 12.7 Å². The van der Waals surface area contributed by atoms with Crippen LogP contribution in [0.3, 0.4) is 0 Å². The molecule has 6 nitrogen and oxygen atoms in total. The van der Waals surface area contributed by atoms with Crippen molar-refractivity contribution in [3.8, 4) is 11.5 Å². The van der Waals surface area contributed by atoms with Gasteiger partial charge in [-0.2, -0.15) is 0 Å². The Morgan fingerprint density at radius 2 is 1.92 bits per heavy atom. The minimum Gasteiger partial charge on any atom is -0.454 e. The maximum Gasteiger partial charge on any atom is 0.253 e. The maximum atomic E-state index is 12.5. The highest BCUT2D eigenvalue weighted by Crippen LogP contribution is 2.32. The molecule has 0 saturated carbocycles. The van der Waals surface area contributed by atoms with Gasteiger partial charge in [-0.15, -0.1) is 0 Å². The van der Waals surface area contributed by atoms with Crippen LogP contribution in [0.4, 0.5) is 5.69 Å². The van der Waals surface area contributed by atoms with Gasteiger partial charge in [0.05, 0.1) is 11.3 Å². The number of carbonyl (C=O) groups excluding carboxylic acids is 2. The number of hydrogen-bond donors (Lipinski definition) is 2. The molecule has 0 atom stereocenters. The second-order valence-electron chi connectivity index (χ2n) is 5.55. The molecule has 1 aliphatic heterocycles. The lowest BCUT2D eigenvalue weighted by atomic mass is 10.1. The first-order chi connectivity index (χ1) is 11.5. The molecule has 0 fully saturated rings. The van der Waals surface area contributed by atoms with Gasteiger partial charge in [0.15, 0.2) is 11.5 Å². The van der Waals surface area contributed by atoms with Crippen molar-refractivity contribution in [2.24, 2.45) is 0 Å². The number of ether oxygens (including phenoxy) is 2. The van der Waals surface area contributed by atoms with Gasteiger partial charge < -0.3 is 20.1 Å². The molecular weight excluding hydrogens is 308 g/mol. The highest BCUT2D eigenvalue weighted by atomic mass is 16.7. The Labute approximate surface area is 139 Å². The number of hydrogen-bond acceptors (Lipinski definition) is 4. The van der Waals surface area contributed by atoms with Crippen LogP contribution in [0.15, 0.2) is 36.4 Å². The molecule has 0 spiro atoms. The van der Waals surface area contributed by atoms with Crippen molar-refractivity contribution in [2.45, 2.75) is 20.4 Å². The molecule has 3 rings (SSSR count). The number of amides is 2. The topological polar surface area (TPSA) is 76.7 Å². The number of nitrogens with one attached hydrogen (secondary N) is 2. The van der Waals surface area contributed by atoms with Crippen LogP contribution in [-0.2, 0) is 11.3 Å². The van der Waals surface area contributed by atoms with E-state index in [1.807, 2.05) is 31.2 Å². The van der Waals surface area contributed by atoms with Crippen molar-refractivity contribution >= 4 is 17.5 Å². The summed E-state index contributed by atoms with van der Waals surface area (Å²) in [6.07, 6.45) is 0. The van der Waals surface area contributed by atoms with E-state index in [0.717, 1.165) is 11.1 Å². The molecule has 0 bridgehead atoms. The quantitative estimate of drug-likeness (QED) is 0.905. The number of rotatable bonds is 4. The van der Waals surface area contributed by atoms with Crippen molar-refractivity contribution in [3.05, 3.63) is 53.1 Å². The van der Waals surface area contributed by atoms with Crippen LogP contribution >= 0.6 is 0 Å². The summed E-state index contributed by atoms with van der Waals surface area (Å²) in [5, 5.41) is 5.58. The van der Waals surface area contributed by atoms with Crippen molar-refractivity contribution in [3.63, 3.8) is 0 Å². The Bertz CT molecular complexity index is 802. The number of carbonyl (C=O) groups is 2. The molecule has 1 aliphatic rings. The summed E-state index contributed by atoms with van der Waals surface area (Å²) in [7, 11) is 0. The fourth-order valence-electron chi connectivity index (χ4n) is 2.53. The Morgan fingerprint density at radius 1 is 1.12 bits per heavy atom. The van der Waals surface area contributed by atoms with Gasteiger partial charge in [-0.05, 0) is 36.2 Å². The van der Waals surface area contributed by atoms with Crippen LogP contribution in [0.2, 0.25) is 0 Å². The second kappa shape index (κ2) is 6.62. The van der Waals surface area contributed by atoms with E-state index < -0.39 is 0 Å². The molecule has 0 unspecified atom stereocenters. The van der Waals surface area contributed by atoms with Crippen molar-refractivity contribution in [1.82, 2.24) is 5.32 Å². The monoisotopic (exact) mass is 326 g/mol. The summed E-state index contributed by atoms with van der Waals surface area (Å²) >= 11 is 0. The van der Waals surface area contributed by atoms with Gasteiger partial charge >= 0.3 is 0 Å². The first-order valence-corrected chi connectivity index (χ1v) is 7.58. The first kappa shape index (κ1) is 15.9. The van der Waals surface area contributed by atoms with Crippen LogP contribution in [0.25, 0.3) is 0 Å². The minimum absolute atomic E-state index is 0.214. The van der Waals surface area contributed by atoms with Crippen molar-refractivity contribution < 1.29 is 19.1 Å². The summed E-state index contributed by atoms with van der Waals surface area (Å²) in [4.78, 5) is 23.8. The van der Waals surface area contributed by atoms with Gasteiger partial charge in [-0.3, -0.25) is 9.59 Å². The zero-order chi connectivity index (χ0) is 17.1. The third kappa shape index (κ3) is 3.32. The lowest BCUT2D eigenvalue weighted by Crippen LogP contribution is -2.24. The lowest BCUT2D eigenvalue weighted by Gasteiger charge is -2.13. The van der Waals surface area contributed by atoms with Crippen LogP contribution in [0.1, 0.15) is 28.4 Å². The van der Waals surface area contributed by atoms with Gasteiger partial charge in [-0.25, -0.2) is 0 Å². The third-order valence-corrected chi connectivity index (χ3v) is 3.71. The maximum absolute atomic E-state index is 12.5. The Morgan fingerprint density at radius 3 is 2.71 bits per heavy atom. The Kier molecular flexibility index (Phi) is 4.37. The zero-order valence-corrected chi connectivity index (χ0v) is 13.5. The van der Waals surface area contributed by atoms with E-state index in [9.17, 15) is 9.59 Å². The molecule has 2 aromatic rings. The predicted molar refractivity (Wildman–Crippen MR) is 89.2 cm³/mol. The van der Waals surface area contributed by atoms with Gasteiger partial charge in [-0.1, -0.05) is 18.2 Å². The van der Waals surface area contributed by atoms with E-state index in [1.165, 1.54) is 6.92 Å². The third-order valence-electron chi connectivity index (χ3n) is 3.71. The highest BCUT2D eigenvalue weighted by Gasteiger charge is 2.16. The largest absolute Gasteiger partial charge is 0.454 e. The molecular formula is C18H18N2O4. The summed E-state index contributed by atoms with van der Waals surface area (Å²) in [5.41, 5.74) is 2.71. The van der Waals surface area contributed by atoms with Crippen LogP contribution in [0.5, 0.6) is 11.5 Å². The first-order valence-electron chi connectivity index (χ1n) is 7.58. The summed E-state index contributed by atoms with van der Waals surface area (Å²) < 4.78 is 10.6. The fraction of sp³-hybridized carbons (Fsp3) is 0.222. The van der Waals surface area contributed by atoms with E-state index in [0.29, 0.717) is 29.3 Å². The summed E-state index contributed by atoms with van der Waals surface area (Å²) in [5.74, 6) is 0.919. The van der Waals surface area contributed by atoms with E-state index in [1.54, 1.807) is 12.1 Å². The molecule has 2 amide bonds. The average Bonchev–Trinajstić information content (AvgIpc) is 3.01. The number of para-hydroxylation sites is 1. The highest BCUT2D eigenvalue weighted by molar-refractivity contribution is 6.04. The molecule has 24 heavy (non-hydrogen) atoms. The van der Waals surface area contributed by atoms with Gasteiger partial charge in [0.25, 0.3) is 5.91 Å². The smallest absolute Gasteiger partial charge is 0.253 e. The van der Waals surface area contributed by atoms with Crippen molar-refractivity contribution in [2.75, 3.05) is 12.1 Å². The Hall–Kier alpha value is -3.02. The van der Waals surface area contributed by atoms with E-state index in [4.69, 9.17) is 9.47 Å². The molecule has 1 heterocycles. The predicted octanol–water partition coefficient (Wildman–Crippen LogP) is 2.61. The van der Waals surface area contributed by atoms with Crippen LogP contribution < -0.4 is 20.1 Å². The number of anilines is 1. The normalized spacial score (nSPS) is 11.9. The van der Waals surface area contributed by atoms with Crippen LogP contribution in [0, 0.1) is 6.92 Å². The molecule has 0 aliphatic carbocycles. The molecule has 2 N–H and O–H groups in total. The number of aryl methyl sites for hydroxylation is 1. The molecule has 124 valence electrons. The van der Waals surface area contributed by atoms with Gasteiger partial charge in [0.1, 0.15) is 0 Å². The zero-order valence-electron chi connectivity index (χ0n) is 13.5. The van der Waals surface area contributed by atoms with E-state index in [2.05, 4.69) is 10.6 Å². The average molecular weight is 326 g/mol. The number of benzene rings is 2. The molecule has 0 saturated heterocycles. The van der Waals surface area contributed by atoms with Gasteiger partial charge in [0, 0.05) is 13.5 Å². The number of fused-ring (bicyclic) bond motifs is 1. The second-order valence-corrected chi connectivity index (χ2v) is 5.55. The van der Waals surface area contributed by atoms with Crippen LogP contribution in [-0.4, -0.2) is 18.6 Å². The standard InChI is InChI=1S/C18H18N2O4/c1-11-4-3-5-14(17(11)20-12(2)21)18(22)19-9-13-6-7-15-16(8-13)24-10-23-15/h3-8H,9-10H2,1-2H3,(H,19,22)(H,20,21). The Balaban J connectivity index is 1.73. The minimum atomic E-state index is -0.250. The summed E-state index contributed by atoms with van der Waals surface area (Å²) in [6.45, 7) is 3.83. The fourth-order valence-corrected chi connectivity index (χ4v) is 2.53. The van der Waals surface area contributed by atoms with Crippen molar-refractivity contribution in [1.29, 1.82) is 0 Å². The molecule has 6 heteroatoms. The molecule has 0 radical (unpaired) electrons. The lowest BCUT2D eigenvalue weighted by molar-refractivity contribution is -0.114.